The van der Waals surface area contributed by atoms with Crippen LogP contribution in [-0.2, 0) is 14.2 Å². The molecule has 4 aliphatic rings. The minimum atomic E-state index is -0.799. The molecule has 2 aliphatic heterocycles. The fourth-order valence-corrected chi connectivity index (χ4v) is 6.30. The summed E-state index contributed by atoms with van der Waals surface area (Å²) in [5, 5.41) is 21.2. The van der Waals surface area contributed by atoms with Crippen molar-refractivity contribution in [2.75, 3.05) is 19.8 Å². The van der Waals surface area contributed by atoms with Crippen LogP contribution in [0.25, 0.3) is 0 Å². The Balaban J connectivity index is 1.81. The number of alkyl halides is 1. The van der Waals surface area contributed by atoms with Crippen molar-refractivity contribution in [1.29, 1.82) is 0 Å². The zero-order valence-electron chi connectivity index (χ0n) is 13.2. The zero-order valence-corrected chi connectivity index (χ0v) is 14.8. The normalized spacial score (nSPS) is 56.3. The number of rotatable bonds is 1. The number of aliphatic hydroxyl groups is 2. The van der Waals surface area contributed by atoms with E-state index in [9.17, 15) is 10.2 Å². The van der Waals surface area contributed by atoms with Gasteiger partial charge in [0, 0.05) is 12.3 Å². The summed E-state index contributed by atoms with van der Waals surface area (Å²) >= 11 is 3.75. The van der Waals surface area contributed by atoms with Gasteiger partial charge in [0.1, 0.15) is 17.3 Å². The van der Waals surface area contributed by atoms with E-state index in [0.29, 0.717) is 13.2 Å². The van der Waals surface area contributed by atoms with Crippen molar-refractivity contribution in [1.82, 2.24) is 0 Å². The van der Waals surface area contributed by atoms with Crippen LogP contribution in [0.2, 0.25) is 0 Å². The van der Waals surface area contributed by atoms with Gasteiger partial charge >= 0.3 is 0 Å². The predicted molar refractivity (Wildman–Crippen MR) is 82.7 cm³/mol. The zero-order chi connectivity index (χ0) is 15.8. The fraction of sp³-hybridized carbons (Fsp3) is 1.00. The highest BCUT2D eigenvalue weighted by molar-refractivity contribution is 9.10. The maximum absolute atomic E-state index is 11.2. The summed E-state index contributed by atoms with van der Waals surface area (Å²) in [4.78, 5) is 0. The average Bonchev–Trinajstić information content (AvgIpc) is 3.01. The average molecular weight is 377 g/mol. The van der Waals surface area contributed by atoms with Crippen LogP contribution in [-0.4, -0.2) is 57.5 Å². The molecular weight excluding hydrogens is 352 g/mol. The largest absolute Gasteiger partial charge is 0.393 e. The maximum Gasteiger partial charge on any atom is 0.173 e. The monoisotopic (exact) mass is 376 g/mol. The van der Waals surface area contributed by atoms with Crippen molar-refractivity contribution < 1.29 is 24.4 Å². The Morgan fingerprint density at radius 3 is 2.45 bits per heavy atom. The van der Waals surface area contributed by atoms with Crippen molar-refractivity contribution >= 4 is 15.9 Å². The SMILES string of the molecule is CC1C2(CCC3CC[C@@]4(Br)[C@@H](O)[C@]31O[C@]4(C)CO)OCCO2. The number of aliphatic hydroxyl groups excluding tert-OH is 2. The number of hydrogen-bond acceptors (Lipinski definition) is 5. The molecule has 22 heavy (non-hydrogen) atoms. The first-order valence-electron chi connectivity index (χ1n) is 8.31. The van der Waals surface area contributed by atoms with Crippen LogP contribution >= 0.6 is 15.9 Å². The molecule has 2 N–H and O–H groups in total. The fourth-order valence-electron chi connectivity index (χ4n) is 5.51. The van der Waals surface area contributed by atoms with Gasteiger partial charge in [-0.15, -0.1) is 0 Å². The third-order valence-electron chi connectivity index (χ3n) is 6.89. The van der Waals surface area contributed by atoms with E-state index < -0.39 is 27.4 Å². The highest BCUT2D eigenvalue weighted by atomic mass is 79.9. The molecule has 5 nitrogen and oxygen atoms in total. The summed E-state index contributed by atoms with van der Waals surface area (Å²) in [6.45, 7) is 5.04. The lowest BCUT2D eigenvalue weighted by Gasteiger charge is -2.56. The third-order valence-corrected chi connectivity index (χ3v) is 8.56. The Hall–Kier alpha value is 0.280. The van der Waals surface area contributed by atoms with Crippen molar-refractivity contribution in [2.45, 2.75) is 66.9 Å². The molecule has 2 heterocycles. The molecule has 2 bridgehead atoms. The summed E-state index contributed by atoms with van der Waals surface area (Å²) in [6.07, 6.45) is 2.88. The van der Waals surface area contributed by atoms with Crippen LogP contribution in [0.15, 0.2) is 0 Å². The van der Waals surface area contributed by atoms with Crippen LogP contribution in [0.1, 0.15) is 39.5 Å². The van der Waals surface area contributed by atoms with E-state index in [4.69, 9.17) is 14.2 Å². The molecule has 2 spiro atoms. The second-order valence-electron chi connectivity index (χ2n) is 7.61. The van der Waals surface area contributed by atoms with E-state index in [-0.39, 0.29) is 18.4 Å². The molecule has 6 atom stereocenters. The molecule has 2 saturated carbocycles. The predicted octanol–water partition coefficient (Wildman–Crippen LogP) is 1.58. The van der Waals surface area contributed by atoms with E-state index in [2.05, 4.69) is 22.9 Å². The first-order chi connectivity index (χ1) is 10.3. The molecular formula is C16H25BrO5. The first-order valence-corrected chi connectivity index (χ1v) is 9.10. The van der Waals surface area contributed by atoms with Crippen molar-refractivity contribution in [3.8, 4) is 0 Å². The lowest BCUT2D eigenvalue weighted by atomic mass is 9.57. The van der Waals surface area contributed by atoms with Crippen LogP contribution in [0.5, 0.6) is 0 Å². The van der Waals surface area contributed by atoms with Gasteiger partial charge < -0.3 is 24.4 Å². The molecule has 0 radical (unpaired) electrons. The Kier molecular flexibility index (Phi) is 3.35. The van der Waals surface area contributed by atoms with Crippen LogP contribution in [0.4, 0.5) is 0 Å². The second kappa shape index (κ2) is 4.67. The number of fused-ring (bicyclic) bond motifs is 1. The third kappa shape index (κ3) is 1.57. The number of hydrogen-bond donors (Lipinski definition) is 2. The smallest absolute Gasteiger partial charge is 0.173 e. The summed E-state index contributed by atoms with van der Waals surface area (Å²) in [7, 11) is 0. The van der Waals surface area contributed by atoms with Crippen molar-refractivity contribution in [3.63, 3.8) is 0 Å². The van der Waals surface area contributed by atoms with Crippen LogP contribution in [0, 0.1) is 11.8 Å². The highest BCUT2D eigenvalue weighted by Gasteiger charge is 2.77. The van der Waals surface area contributed by atoms with Gasteiger partial charge in [-0.25, -0.2) is 0 Å². The minimum absolute atomic E-state index is 0.0816. The first kappa shape index (κ1) is 15.8. The van der Waals surface area contributed by atoms with Crippen LogP contribution < -0.4 is 0 Å². The molecule has 0 aromatic carbocycles. The van der Waals surface area contributed by atoms with Gasteiger partial charge in [0.05, 0.1) is 24.1 Å². The molecule has 4 rings (SSSR count). The molecule has 2 unspecified atom stereocenters. The standard InChI is InChI=1S/C16H25BrO5/c1-10-15(20-7-8-21-15)6-4-11-3-5-14(17)12(19)16(10,11)22-13(14,2)9-18/h10-12,18-19H,3-9H2,1-2H3/t10?,11?,12-,13-,14-,16-/m1/s1. The topological polar surface area (TPSA) is 68.2 Å². The van der Waals surface area contributed by atoms with E-state index >= 15 is 0 Å². The summed E-state index contributed by atoms with van der Waals surface area (Å²) in [6, 6.07) is 0. The Bertz CT molecular complexity index is 481. The van der Waals surface area contributed by atoms with E-state index in [0.717, 1.165) is 25.7 Å². The molecule has 2 aliphatic carbocycles. The lowest BCUT2D eigenvalue weighted by molar-refractivity contribution is -0.302. The molecule has 2 saturated heterocycles. The van der Waals surface area contributed by atoms with Gasteiger partial charge in [0.2, 0.25) is 0 Å². The molecule has 0 amide bonds. The second-order valence-corrected chi connectivity index (χ2v) is 9.03. The van der Waals surface area contributed by atoms with E-state index in [1.807, 2.05) is 6.92 Å². The molecule has 0 aromatic heterocycles. The summed E-state index contributed by atoms with van der Waals surface area (Å²) in [5.41, 5.74) is -1.52. The Morgan fingerprint density at radius 1 is 1.18 bits per heavy atom. The van der Waals surface area contributed by atoms with Gasteiger partial charge in [-0.3, -0.25) is 0 Å². The van der Waals surface area contributed by atoms with Crippen LogP contribution in [0.3, 0.4) is 0 Å². The van der Waals surface area contributed by atoms with Gasteiger partial charge in [-0.1, -0.05) is 22.9 Å². The Morgan fingerprint density at radius 2 is 1.82 bits per heavy atom. The maximum atomic E-state index is 11.2. The lowest BCUT2D eigenvalue weighted by Crippen LogP contribution is -2.67. The molecule has 126 valence electrons. The highest BCUT2D eigenvalue weighted by Crippen LogP contribution is 2.66. The van der Waals surface area contributed by atoms with Crippen molar-refractivity contribution in [2.24, 2.45) is 11.8 Å². The van der Waals surface area contributed by atoms with E-state index in [1.165, 1.54) is 0 Å². The minimum Gasteiger partial charge on any atom is -0.393 e. The van der Waals surface area contributed by atoms with Gasteiger partial charge in [-0.05, 0) is 32.1 Å². The summed E-state index contributed by atoms with van der Waals surface area (Å²) in [5.74, 6) is -0.458. The van der Waals surface area contributed by atoms with Crippen molar-refractivity contribution in [3.05, 3.63) is 0 Å². The number of halogens is 1. The van der Waals surface area contributed by atoms with Gasteiger partial charge in [-0.2, -0.15) is 0 Å². The number of ether oxygens (including phenoxy) is 3. The van der Waals surface area contributed by atoms with Gasteiger partial charge in [0.25, 0.3) is 0 Å². The van der Waals surface area contributed by atoms with Gasteiger partial charge in [0.15, 0.2) is 5.79 Å². The quantitative estimate of drug-likeness (QED) is 0.680. The molecule has 6 heteroatoms. The Labute approximate surface area is 139 Å². The molecule has 0 aromatic rings. The molecule has 4 fully saturated rings. The van der Waals surface area contributed by atoms with E-state index in [1.54, 1.807) is 0 Å². The summed E-state index contributed by atoms with van der Waals surface area (Å²) < 4.78 is 17.9.